The zero-order chi connectivity index (χ0) is 11.8. The Bertz CT molecular complexity index is 543. The maximum atomic E-state index is 6.22. The molecule has 2 aromatic heterocycles. The van der Waals surface area contributed by atoms with Crippen LogP contribution in [0.5, 0.6) is 0 Å². The van der Waals surface area contributed by atoms with E-state index in [1.165, 1.54) is 32.1 Å². The lowest BCUT2D eigenvalue weighted by molar-refractivity contribution is 0.429. The Morgan fingerprint density at radius 3 is 2.76 bits per heavy atom. The average Bonchev–Trinajstić information content (AvgIpc) is 2.73. The number of aryl methyl sites for hydroxylation is 1. The van der Waals surface area contributed by atoms with Gasteiger partial charge in [0.25, 0.3) is 0 Å². The van der Waals surface area contributed by atoms with Crippen LogP contribution in [0.4, 0.5) is 0 Å². The molecule has 1 aliphatic rings. The smallest absolute Gasteiger partial charge is 0.182 e. The minimum absolute atomic E-state index is 0.465. The molecule has 2 aromatic rings. The number of halogens is 1. The summed E-state index contributed by atoms with van der Waals surface area (Å²) in [5, 5.41) is 0.524. The van der Waals surface area contributed by atoms with E-state index in [9.17, 15) is 0 Å². The number of imidazole rings is 1. The van der Waals surface area contributed by atoms with E-state index < -0.39 is 0 Å². The highest BCUT2D eigenvalue weighted by Crippen LogP contribution is 2.32. The van der Waals surface area contributed by atoms with Gasteiger partial charge in [0.2, 0.25) is 0 Å². The lowest BCUT2D eigenvalue weighted by Crippen LogP contribution is -2.09. The molecule has 2 heterocycles. The van der Waals surface area contributed by atoms with Crippen molar-refractivity contribution in [3.8, 4) is 0 Å². The van der Waals surface area contributed by atoms with Crippen LogP contribution in [0.2, 0.25) is 5.15 Å². The Kier molecular flexibility index (Phi) is 2.74. The zero-order valence-corrected chi connectivity index (χ0v) is 10.6. The van der Waals surface area contributed by atoms with E-state index >= 15 is 0 Å². The molecule has 5 heteroatoms. The van der Waals surface area contributed by atoms with Crippen LogP contribution in [0, 0.1) is 0 Å². The van der Waals surface area contributed by atoms with E-state index in [2.05, 4.69) is 15.0 Å². The van der Waals surface area contributed by atoms with Crippen LogP contribution < -0.4 is 0 Å². The van der Waals surface area contributed by atoms with Crippen LogP contribution in [0.15, 0.2) is 6.33 Å². The van der Waals surface area contributed by atoms with E-state index in [0.29, 0.717) is 16.7 Å². The highest BCUT2D eigenvalue weighted by atomic mass is 35.5. The van der Waals surface area contributed by atoms with Gasteiger partial charge in [-0.1, -0.05) is 30.9 Å². The van der Waals surface area contributed by atoms with Crippen LogP contribution in [-0.2, 0) is 7.05 Å². The monoisotopic (exact) mass is 250 g/mol. The number of aromatic nitrogens is 4. The van der Waals surface area contributed by atoms with Crippen molar-refractivity contribution in [2.45, 2.75) is 38.0 Å². The van der Waals surface area contributed by atoms with Gasteiger partial charge in [0.05, 0.1) is 6.33 Å². The molecule has 3 rings (SSSR count). The molecule has 0 aliphatic heterocycles. The molecule has 0 N–H and O–H groups in total. The molecule has 0 saturated heterocycles. The first-order valence-electron chi connectivity index (χ1n) is 6.10. The zero-order valence-electron chi connectivity index (χ0n) is 9.86. The molecule has 0 bridgehead atoms. The highest BCUT2D eigenvalue weighted by molar-refractivity contribution is 6.33. The van der Waals surface area contributed by atoms with Gasteiger partial charge in [-0.15, -0.1) is 0 Å². The van der Waals surface area contributed by atoms with Crippen molar-refractivity contribution < 1.29 is 0 Å². The SMILES string of the molecule is Cn1cnc2nc(C3CCCCC3)nc(Cl)c21. The molecular weight excluding hydrogens is 236 g/mol. The van der Waals surface area contributed by atoms with Crippen LogP contribution in [-0.4, -0.2) is 19.5 Å². The van der Waals surface area contributed by atoms with Crippen molar-refractivity contribution in [3.63, 3.8) is 0 Å². The second-order valence-corrected chi connectivity index (χ2v) is 5.09. The van der Waals surface area contributed by atoms with Gasteiger partial charge in [-0.3, -0.25) is 0 Å². The molecule has 0 aromatic carbocycles. The van der Waals surface area contributed by atoms with E-state index in [1.54, 1.807) is 6.33 Å². The Balaban J connectivity index is 2.05. The van der Waals surface area contributed by atoms with Crippen LogP contribution in [0.25, 0.3) is 11.2 Å². The third-order valence-electron chi connectivity index (χ3n) is 3.52. The molecule has 1 fully saturated rings. The summed E-state index contributed by atoms with van der Waals surface area (Å²) in [5.74, 6) is 1.34. The molecular formula is C12H15ClN4. The van der Waals surface area contributed by atoms with Crippen molar-refractivity contribution in [1.82, 2.24) is 19.5 Å². The molecule has 0 amide bonds. The number of nitrogens with zero attached hydrogens (tertiary/aromatic N) is 4. The largest absolute Gasteiger partial charge is 0.330 e. The van der Waals surface area contributed by atoms with Crippen molar-refractivity contribution in [3.05, 3.63) is 17.3 Å². The molecule has 4 nitrogen and oxygen atoms in total. The van der Waals surface area contributed by atoms with Crippen LogP contribution >= 0.6 is 11.6 Å². The van der Waals surface area contributed by atoms with Gasteiger partial charge in [-0.2, -0.15) is 0 Å². The first-order valence-corrected chi connectivity index (χ1v) is 6.48. The maximum absolute atomic E-state index is 6.22. The van der Waals surface area contributed by atoms with Crippen LogP contribution in [0.3, 0.4) is 0 Å². The first kappa shape index (κ1) is 11.0. The predicted molar refractivity (Wildman–Crippen MR) is 67.1 cm³/mol. The van der Waals surface area contributed by atoms with E-state index in [0.717, 1.165) is 11.3 Å². The summed E-state index contributed by atoms with van der Waals surface area (Å²) in [4.78, 5) is 13.3. The molecule has 0 spiro atoms. The van der Waals surface area contributed by atoms with Gasteiger partial charge >= 0.3 is 0 Å². The Morgan fingerprint density at radius 1 is 1.24 bits per heavy atom. The molecule has 0 atom stereocenters. The van der Waals surface area contributed by atoms with Crippen molar-refractivity contribution >= 4 is 22.8 Å². The highest BCUT2D eigenvalue weighted by Gasteiger charge is 2.20. The fourth-order valence-electron chi connectivity index (χ4n) is 2.57. The minimum Gasteiger partial charge on any atom is -0.330 e. The second-order valence-electron chi connectivity index (χ2n) is 4.74. The lowest BCUT2D eigenvalue weighted by atomic mass is 9.89. The molecule has 1 saturated carbocycles. The summed E-state index contributed by atoms with van der Waals surface area (Å²) in [5.41, 5.74) is 1.54. The van der Waals surface area contributed by atoms with Crippen molar-refractivity contribution in [2.75, 3.05) is 0 Å². The first-order chi connectivity index (χ1) is 8.25. The van der Waals surface area contributed by atoms with Gasteiger partial charge in [-0.25, -0.2) is 15.0 Å². The third-order valence-corrected chi connectivity index (χ3v) is 3.78. The van der Waals surface area contributed by atoms with Crippen LogP contribution in [0.1, 0.15) is 43.8 Å². The Labute approximate surface area is 105 Å². The third kappa shape index (κ3) is 1.90. The summed E-state index contributed by atoms with van der Waals surface area (Å²) >= 11 is 6.22. The topological polar surface area (TPSA) is 43.6 Å². The Morgan fingerprint density at radius 2 is 2.00 bits per heavy atom. The predicted octanol–water partition coefficient (Wildman–Crippen LogP) is 3.06. The second kappa shape index (κ2) is 4.26. The van der Waals surface area contributed by atoms with Crippen molar-refractivity contribution in [1.29, 1.82) is 0 Å². The number of hydrogen-bond acceptors (Lipinski definition) is 3. The quantitative estimate of drug-likeness (QED) is 0.731. The summed E-state index contributed by atoms with van der Waals surface area (Å²) in [7, 11) is 1.91. The van der Waals surface area contributed by atoms with E-state index in [1.807, 2.05) is 11.6 Å². The fraction of sp³-hybridized carbons (Fsp3) is 0.583. The van der Waals surface area contributed by atoms with Crippen molar-refractivity contribution in [2.24, 2.45) is 7.05 Å². The standard InChI is InChI=1S/C12H15ClN4/c1-17-7-14-12-9(17)10(13)15-11(16-12)8-5-3-2-4-6-8/h7-8H,2-6H2,1H3. The number of rotatable bonds is 1. The van der Waals surface area contributed by atoms with Gasteiger partial charge in [-0.05, 0) is 12.8 Å². The van der Waals surface area contributed by atoms with Gasteiger partial charge in [0.15, 0.2) is 10.8 Å². The molecule has 0 radical (unpaired) electrons. The molecule has 1 aliphatic carbocycles. The number of fused-ring (bicyclic) bond motifs is 1. The average molecular weight is 251 g/mol. The number of hydrogen-bond donors (Lipinski definition) is 0. The summed E-state index contributed by atoms with van der Waals surface area (Å²) in [6.07, 6.45) is 7.95. The summed E-state index contributed by atoms with van der Waals surface area (Å²) < 4.78 is 1.86. The lowest BCUT2D eigenvalue weighted by Gasteiger charge is -2.20. The van der Waals surface area contributed by atoms with E-state index in [-0.39, 0.29) is 0 Å². The summed E-state index contributed by atoms with van der Waals surface area (Å²) in [6, 6.07) is 0. The van der Waals surface area contributed by atoms with E-state index in [4.69, 9.17) is 11.6 Å². The minimum atomic E-state index is 0.465. The Hall–Kier alpha value is -1.16. The molecule has 0 unspecified atom stereocenters. The summed E-state index contributed by atoms with van der Waals surface area (Å²) in [6.45, 7) is 0. The normalized spacial score (nSPS) is 17.8. The van der Waals surface area contributed by atoms with Gasteiger partial charge in [0, 0.05) is 13.0 Å². The molecule has 17 heavy (non-hydrogen) atoms. The van der Waals surface area contributed by atoms with Gasteiger partial charge in [0.1, 0.15) is 11.3 Å². The molecule has 90 valence electrons. The fourth-order valence-corrected chi connectivity index (χ4v) is 2.87. The van der Waals surface area contributed by atoms with Gasteiger partial charge < -0.3 is 4.57 Å². The maximum Gasteiger partial charge on any atom is 0.182 e.